The summed E-state index contributed by atoms with van der Waals surface area (Å²) in [6, 6.07) is 10.3. The minimum atomic E-state index is -0.787. The van der Waals surface area contributed by atoms with Crippen molar-refractivity contribution < 1.29 is 29.3 Å². The highest BCUT2D eigenvalue weighted by atomic mass is 32.1. The molecule has 0 heterocycles. The van der Waals surface area contributed by atoms with Crippen LogP contribution in [0.15, 0.2) is 30.3 Å². The molecule has 0 spiro atoms. The van der Waals surface area contributed by atoms with Crippen molar-refractivity contribution in [1.82, 2.24) is 0 Å². The quantitative estimate of drug-likeness (QED) is 0.149. The molecule has 2 aromatic rings. The van der Waals surface area contributed by atoms with E-state index >= 15 is 0 Å². The van der Waals surface area contributed by atoms with Crippen LogP contribution < -0.4 is 4.74 Å². The molecule has 212 valence electrons. The fraction of sp³-hybridized carbons (Fsp3) is 0.533. The number of carboxylic acids is 1. The van der Waals surface area contributed by atoms with E-state index in [9.17, 15) is 14.7 Å². The van der Waals surface area contributed by atoms with E-state index in [0.717, 1.165) is 33.6 Å². The van der Waals surface area contributed by atoms with Crippen LogP contribution >= 0.6 is 25.3 Å². The average Bonchev–Trinajstić information content (AvgIpc) is 2.78. The van der Waals surface area contributed by atoms with Gasteiger partial charge in [-0.05, 0) is 46.1 Å². The number of hydrogen-bond donors (Lipinski definition) is 4. The summed E-state index contributed by atoms with van der Waals surface area (Å²) >= 11 is 7.72. The van der Waals surface area contributed by atoms with Crippen molar-refractivity contribution in [3.63, 3.8) is 0 Å². The number of aliphatic carboxylic acids is 1. The molecule has 0 fully saturated rings. The van der Waals surface area contributed by atoms with Crippen molar-refractivity contribution in [2.75, 3.05) is 24.7 Å². The highest BCUT2D eigenvalue weighted by Gasteiger charge is 2.26. The molecule has 2 aromatic carbocycles. The number of phenols is 1. The third kappa shape index (κ3) is 11.6. The molecule has 0 bridgehead atoms. The molecular formula is C30H44O6S2. The Balaban J connectivity index is 0.00000107. The van der Waals surface area contributed by atoms with Gasteiger partial charge in [0.05, 0.1) is 12.8 Å². The highest BCUT2D eigenvalue weighted by molar-refractivity contribution is 7.80. The lowest BCUT2D eigenvalue weighted by atomic mass is 9.78. The molecule has 2 N–H and O–H groups in total. The molecule has 6 nitrogen and oxygen atoms in total. The lowest BCUT2D eigenvalue weighted by Gasteiger charge is -2.28. The zero-order valence-electron chi connectivity index (χ0n) is 23.8. The predicted octanol–water partition coefficient (Wildman–Crippen LogP) is 6.52. The zero-order chi connectivity index (χ0) is 29.1. The number of phenolic OH excluding ortho intramolecular Hbond substituents is 1. The number of aromatic hydroxyl groups is 1. The Kier molecular flexibility index (Phi) is 13.6. The summed E-state index contributed by atoms with van der Waals surface area (Å²) < 4.78 is 11.1. The summed E-state index contributed by atoms with van der Waals surface area (Å²) in [5.74, 6) is 1.02. The van der Waals surface area contributed by atoms with Gasteiger partial charge >= 0.3 is 11.9 Å². The van der Waals surface area contributed by atoms with Crippen molar-refractivity contribution in [2.45, 2.75) is 78.6 Å². The van der Waals surface area contributed by atoms with Gasteiger partial charge in [-0.1, -0.05) is 71.4 Å². The van der Waals surface area contributed by atoms with E-state index in [1.807, 2.05) is 12.1 Å². The largest absolute Gasteiger partial charge is 0.507 e. The maximum absolute atomic E-state index is 11.5. The lowest BCUT2D eigenvalue weighted by molar-refractivity contribution is -0.143. The second-order valence-corrected chi connectivity index (χ2v) is 12.1. The van der Waals surface area contributed by atoms with Gasteiger partial charge < -0.3 is 19.7 Å². The number of carbonyl (C=O) groups is 2. The molecule has 0 unspecified atom stereocenters. The topological polar surface area (TPSA) is 93.1 Å². The maximum atomic E-state index is 11.5. The van der Waals surface area contributed by atoms with Crippen molar-refractivity contribution >= 4 is 37.2 Å². The third-order valence-electron chi connectivity index (χ3n) is 5.64. The van der Waals surface area contributed by atoms with Gasteiger partial charge in [0.15, 0.2) is 0 Å². The van der Waals surface area contributed by atoms with Gasteiger partial charge in [-0.2, -0.15) is 25.3 Å². The third-order valence-corrected chi connectivity index (χ3v) is 6.09. The van der Waals surface area contributed by atoms with Gasteiger partial charge in [0.2, 0.25) is 0 Å². The Morgan fingerprint density at radius 1 is 0.868 bits per heavy atom. The zero-order valence-corrected chi connectivity index (χ0v) is 25.5. The number of benzene rings is 2. The van der Waals surface area contributed by atoms with E-state index in [4.69, 9.17) is 14.6 Å². The number of rotatable bonds is 10. The molecule has 0 radical (unpaired) electrons. The van der Waals surface area contributed by atoms with E-state index in [0.29, 0.717) is 36.7 Å². The average molecular weight is 565 g/mol. The van der Waals surface area contributed by atoms with Crippen molar-refractivity contribution in [2.24, 2.45) is 0 Å². The monoisotopic (exact) mass is 564 g/mol. The molecule has 0 saturated carbocycles. The van der Waals surface area contributed by atoms with Crippen LogP contribution in [0.3, 0.4) is 0 Å². The summed E-state index contributed by atoms with van der Waals surface area (Å²) in [6.45, 7) is 15.3. The number of hydrogen-bond acceptors (Lipinski definition) is 7. The Morgan fingerprint density at radius 2 is 1.42 bits per heavy atom. The van der Waals surface area contributed by atoms with E-state index in [1.165, 1.54) is 0 Å². The first-order chi connectivity index (χ1) is 17.6. The van der Waals surface area contributed by atoms with Gasteiger partial charge in [0.1, 0.15) is 24.7 Å². The molecule has 8 heteroatoms. The fourth-order valence-electron chi connectivity index (χ4n) is 3.71. The first-order valence-corrected chi connectivity index (χ1v) is 14.0. The van der Waals surface area contributed by atoms with E-state index in [1.54, 1.807) is 0 Å². The van der Waals surface area contributed by atoms with Crippen molar-refractivity contribution in [1.29, 1.82) is 0 Å². The fourth-order valence-corrected chi connectivity index (χ4v) is 4.09. The summed E-state index contributed by atoms with van der Waals surface area (Å²) in [4.78, 5) is 21.1. The van der Waals surface area contributed by atoms with E-state index in [-0.39, 0.29) is 29.8 Å². The molecule has 2 rings (SSSR count). The highest BCUT2D eigenvalue weighted by Crippen LogP contribution is 2.40. The van der Waals surface area contributed by atoms with Gasteiger partial charge in [-0.15, -0.1) is 0 Å². The Morgan fingerprint density at radius 3 is 1.87 bits per heavy atom. The first kappa shape index (κ1) is 33.7. The molecule has 0 aromatic heterocycles. The second kappa shape index (κ2) is 15.3. The molecular weight excluding hydrogens is 520 g/mol. The first-order valence-electron chi connectivity index (χ1n) is 12.8. The number of esters is 1. The Bertz CT molecular complexity index is 1030. The summed E-state index contributed by atoms with van der Waals surface area (Å²) in [5.41, 5.74) is 4.90. The number of carbonyl (C=O) groups excluding carboxylic acids is 1. The Labute approximate surface area is 239 Å². The molecule has 0 atom stereocenters. The van der Waals surface area contributed by atoms with Crippen LogP contribution in [0.25, 0.3) is 0 Å². The lowest BCUT2D eigenvalue weighted by Crippen LogP contribution is -2.18. The molecule has 0 saturated heterocycles. The van der Waals surface area contributed by atoms with Crippen molar-refractivity contribution in [3.05, 3.63) is 58.1 Å². The smallest absolute Gasteiger partial charge is 0.306 e. The number of thiol groups is 2. The van der Waals surface area contributed by atoms with E-state index in [2.05, 4.69) is 91.9 Å². The van der Waals surface area contributed by atoms with Crippen LogP contribution in [-0.2, 0) is 31.6 Å². The minimum Gasteiger partial charge on any atom is -0.507 e. The molecule has 0 aliphatic carbocycles. The Hall–Kier alpha value is -2.32. The van der Waals surface area contributed by atoms with Gasteiger partial charge in [-0.3, -0.25) is 9.59 Å². The van der Waals surface area contributed by atoms with Crippen molar-refractivity contribution in [3.8, 4) is 11.5 Å². The predicted molar refractivity (Wildman–Crippen MR) is 161 cm³/mol. The van der Waals surface area contributed by atoms with E-state index < -0.39 is 5.97 Å². The van der Waals surface area contributed by atoms with Crippen LogP contribution in [0, 0.1) is 6.92 Å². The second-order valence-electron chi connectivity index (χ2n) is 11.2. The van der Waals surface area contributed by atoms with Crippen LogP contribution in [-0.4, -0.2) is 46.9 Å². The molecule has 38 heavy (non-hydrogen) atoms. The maximum Gasteiger partial charge on any atom is 0.306 e. The summed E-state index contributed by atoms with van der Waals surface area (Å²) in [6.07, 6.45) is 1.14. The summed E-state index contributed by atoms with van der Waals surface area (Å²) in [5, 5.41) is 18.9. The molecule has 0 aliphatic heterocycles. The van der Waals surface area contributed by atoms with Gasteiger partial charge in [0, 0.05) is 17.9 Å². The van der Waals surface area contributed by atoms with Crippen LogP contribution in [0.5, 0.6) is 11.5 Å². The SMILES string of the molecule is Cc1ccc(OCCOC(=O)CCS)c(Cc2cc(C(C)(C)C)c(O)c(C(C)(C)C)c2)c1.O=C(O)CCS. The van der Waals surface area contributed by atoms with Gasteiger partial charge in [0.25, 0.3) is 0 Å². The molecule has 0 aliphatic rings. The normalized spacial score (nSPS) is 11.4. The minimum absolute atomic E-state index is 0.156. The number of ether oxygens (including phenoxy) is 2. The number of carboxylic acid groups (broad SMARTS) is 1. The standard InChI is InChI=1S/C27H38O4S.C3H6O2S/c1-18-8-9-23(30-11-12-31-24(28)10-13-32)20(14-18)15-19-16-21(26(2,3)4)25(29)22(17-19)27(5,6)7;4-3(5)1-2-6/h8-9,14,16-17,29,32H,10-13,15H2,1-7H3;6H,1-2H2,(H,4,5). The summed E-state index contributed by atoms with van der Waals surface area (Å²) in [7, 11) is 0. The number of aryl methyl sites for hydroxylation is 1. The molecule has 0 amide bonds. The van der Waals surface area contributed by atoms with Gasteiger partial charge in [-0.25, -0.2) is 0 Å². The van der Waals surface area contributed by atoms with Crippen LogP contribution in [0.4, 0.5) is 0 Å². The van der Waals surface area contributed by atoms with Crippen LogP contribution in [0.2, 0.25) is 0 Å². The van der Waals surface area contributed by atoms with Crippen LogP contribution in [0.1, 0.15) is 82.2 Å².